The van der Waals surface area contributed by atoms with Gasteiger partial charge < -0.3 is 9.47 Å². The van der Waals surface area contributed by atoms with Crippen LogP contribution in [0.25, 0.3) is 0 Å². The van der Waals surface area contributed by atoms with Gasteiger partial charge in [0.25, 0.3) is 0 Å². The van der Waals surface area contributed by atoms with E-state index in [0.717, 1.165) is 5.56 Å². The van der Waals surface area contributed by atoms with Gasteiger partial charge in [0.2, 0.25) is 0 Å². The number of carbonyl (C=O) groups is 1. The zero-order valence-electron chi connectivity index (χ0n) is 7.73. The summed E-state index contributed by atoms with van der Waals surface area (Å²) in [7, 11) is 0. The molecule has 1 aliphatic heterocycles. The number of hydrogen-bond acceptors (Lipinski definition) is 3. The third-order valence-electron chi connectivity index (χ3n) is 2.09. The van der Waals surface area contributed by atoms with Crippen LogP contribution in [-0.2, 0) is 9.53 Å². The van der Waals surface area contributed by atoms with Crippen molar-refractivity contribution in [2.75, 3.05) is 6.61 Å². The van der Waals surface area contributed by atoms with Crippen molar-refractivity contribution in [3.05, 3.63) is 36.8 Å². The number of cyclic esters (lactones) is 1. The van der Waals surface area contributed by atoms with E-state index in [-0.39, 0.29) is 5.97 Å². The fraction of sp³-hybridized carbons (Fsp3) is 0.273. The highest BCUT2D eigenvalue weighted by Crippen LogP contribution is 2.17. The first-order valence-corrected chi connectivity index (χ1v) is 4.51. The van der Waals surface area contributed by atoms with Crippen LogP contribution in [0.5, 0.6) is 5.75 Å². The number of carbonyl (C=O) groups excluding carboxylic acids is 1. The van der Waals surface area contributed by atoms with Crippen molar-refractivity contribution in [3.8, 4) is 5.75 Å². The topological polar surface area (TPSA) is 35.5 Å². The van der Waals surface area contributed by atoms with Crippen LogP contribution in [0.3, 0.4) is 0 Å². The Morgan fingerprint density at radius 1 is 1.36 bits per heavy atom. The molecule has 1 fully saturated rings. The van der Waals surface area contributed by atoms with Gasteiger partial charge in [-0.2, -0.15) is 0 Å². The average Bonchev–Trinajstić information content (AvgIpc) is 2.56. The smallest absolute Gasteiger partial charge is 0.347 e. The lowest BCUT2D eigenvalue weighted by Gasteiger charge is -2.09. The maximum absolute atomic E-state index is 11.1. The molecule has 1 aromatic rings. The molecular formula is C11H11O3. The Labute approximate surface area is 82.6 Å². The highest BCUT2D eigenvalue weighted by atomic mass is 16.6. The van der Waals surface area contributed by atoms with Crippen molar-refractivity contribution in [2.24, 2.45) is 0 Å². The lowest BCUT2D eigenvalue weighted by Crippen LogP contribution is -2.21. The summed E-state index contributed by atoms with van der Waals surface area (Å²) in [5, 5.41) is 0. The lowest BCUT2D eigenvalue weighted by atomic mass is 10.2. The van der Waals surface area contributed by atoms with Gasteiger partial charge in [0.05, 0.1) is 6.61 Å². The molecule has 0 N–H and O–H groups in total. The van der Waals surface area contributed by atoms with Gasteiger partial charge in [0.1, 0.15) is 5.75 Å². The van der Waals surface area contributed by atoms with Crippen LogP contribution in [0.2, 0.25) is 0 Å². The molecule has 0 aromatic heterocycles. The summed E-state index contributed by atoms with van der Waals surface area (Å²) in [6.07, 6.45) is 0.191. The molecule has 1 heterocycles. The number of ether oxygens (including phenoxy) is 2. The predicted octanol–water partition coefficient (Wildman–Crippen LogP) is 1.56. The first-order chi connectivity index (χ1) is 6.75. The molecule has 1 saturated heterocycles. The Morgan fingerprint density at radius 2 is 2.07 bits per heavy atom. The normalized spacial score (nSPS) is 20.6. The quantitative estimate of drug-likeness (QED) is 0.665. The van der Waals surface area contributed by atoms with E-state index in [4.69, 9.17) is 9.47 Å². The van der Waals surface area contributed by atoms with Crippen LogP contribution in [0, 0.1) is 6.92 Å². The molecule has 1 aromatic carbocycles. The zero-order chi connectivity index (χ0) is 9.97. The molecular weight excluding hydrogens is 180 g/mol. The summed E-state index contributed by atoms with van der Waals surface area (Å²) in [6.45, 7) is 4.22. The SMILES string of the molecule is [CH2]c1ccc(OC2CCOC2=O)cc1. The standard InChI is InChI=1S/C11H11O3/c1-8-2-4-9(5-3-8)14-10-6-7-13-11(10)12/h2-5,10H,1,6-7H2. The number of hydrogen-bond donors (Lipinski definition) is 0. The molecule has 0 spiro atoms. The second-order valence-electron chi connectivity index (χ2n) is 3.21. The molecule has 0 amide bonds. The summed E-state index contributed by atoms with van der Waals surface area (Å²) in [4.78, 5) is 11.1. The Balaban J connectivity index is 2.03. The van der Waals surface area contributed by atoms with Gasteiger partial charge in [0, 0.05) is 6.42 Å². The fourth-order valence-electron chi connectivity index (χ4n) is 1.32. The highest BCUT2D eigenvalue weighted by Gasteiger charge is 2.28. The lowest BCUT2D eigenvalue weighted by molar-refractivity contribution is -0.143. The van der Waals surface area contributed by atoms with Gasteiger partial charge in [-0.3, -0.25) is 0 Å². The molecule has 3 nitrogen and oxygen atoms in total. The number of esters is 1. The molecule has 1 atom stereocenters. The third-order valence-corrected chi connectivity index (χ3v) is 2.09. The van der Waals surface area contributed by atoms with Crippen molar-refractivity contribution >= 4 is 5.97 Å². The number of benzene rings is 1. The van der Waals surface area contributed by atoms with Gasteiger partial charge in [-0.15, -0.1) is 0 Å². The van der Waals surface area contributed by atoms with E-state index in [9.17, 15) is 4.79 Å². The first kappa shape index (κ1) is 9.06. The van der Waals surface area contributed by atoms with E-state index in [1.165, 1.54) is 0 Å². The average molecular weight is 191 g/mol. The van der Waals surface area contributed by atoms with Crippen LogP contribution in [-0.4, -0.2) is 18.7 Å². The largest absolute Gasteiger partial charge is 0.479 e. The first-order valence-electron chi connectivity index (χ1n) is 4.51. The monoisotopic (exact) mass is 191 g/mol. The molecule has 3 heteroatoms. The third kappa shape index (κ3) is 1.87. The van der Waals surface area contributed by atoms with Gasteiger partial charge in [-0.25, -0.2) is 4.79 Å². The molecule has 0 aliphatic carbocycles. The maximum atomic E-state index is 11.1. The van der Waals surface area contributed by atoms with E-state index in [2.05, 4.69) is 6.92 Å². The van der Waals surface area contributed by atoms with E-state index in [0.29, 0.717) is 18.8 Å². The van der Waals surface area contributed by atoms with Gasteiger partial charge in [0.15, 0.2) is 6.10 Å². The van der Waals surface area contributed by atoms with Gasteiger partial charge in [-0.05, 0) is 24.6 Å². The van der Waals surface area contributed by atoms with Crippen LogP contribution >= 0.6 is 0 Å². The van der Waals surface area contributed by atoms with Crippen molar-refractivity contribution in [2.45, 2.75) is 12.5 Å². The molecule has 0 saturated carbocycles. The highest BCUT2D eigenvalue weighted by molar-refractivity contribution is 5.76. The second kappa shape index (κ2) is 3.70. The van der Waals surface area contributed by atoms with Crippen LogP contribution in [0.4, 0.5) is 0 Å². The van der Waals surface area contributed by atoms with E-state index >= 15 is 0 Å². The second-order valence-corrected chi connectivity index (χ2v) is 3.21. The Bertz CT molecular complexity index is 329. The maximum Gasteiger partial charge on any atom is 0.347 e. The van der Waals surface area contributed by atoms with Crippen LogP contribution in [0.15, 0.2) is 24.3 Å². The Kier molecular flexibility index (Phi) is 2.39. The summed E-state index contributed by atoms with van der Waals surface area (Å²) in [6, 6.07) is 7.28. The number of rotatable bonds is 2. The van der Waals surface area contributed by atoms with Gasteiger partial charge in [-0.1, -0.05) is 12.1 Å². The predicted molar refractivity (Wildman–Crippen MR) is 50.9 cm³/mol. The fourth-order valence-corrected chi connectivity index (χ4v) is 1.32. The summed E-state index contributed by atoms with van der Waals surface area (Å²) in [5.41, 5.74) is 0.923. The zero-order valence-corrected chi connectivity index (χ0v) is 7.73. The van der Waals surface area contributed by atoms with E-state index < -0.39 is 6.10 Å². The molecule has 73 valence electrons. The molecule has 1 radical (unpaired) electrons. The molecule has 0 bridgehead atoms. The molecule has 1 aliphatic rings. The van der Waals surface area contributed by atoms with Crippen LogP contribution in [0.1, 0.15) is 12.0 Å². The molecule has 14 heavy (non-hydrogen) atoms. The molecule has 1 unspecified atom stereocenters. The minimum atomic E-state index is -0.439. The van der Waals surface area contributed by atoms with E-state index in [1.54, 1.807) is 12.1 Å². The van der Waals surface area contributed by atoms with Crippen molar-refractivity contribution in [1.29, 1.82) is 0 Å². The van der Waals surface area contributed by atoms with Crippen molar-refractivity contribution in [3.63, 3.8) is 0 Å². The Morgan fingerprint density at radius 3 is 2.64 bits per heavy atom. The van der Waals surface area contributed by atoms with E-state index in [1.807, 2.05) is 12.1 Å². The van der Waals surface area contributed by atoms with Crippen LogP contribution < -0.4 is 4.74 Å². The molecule has 2 rings (SSSR count). The Hall–Kier alpha value is -1.51. The summed E-state index contributed by atoms with van der Waals surface area (Å²) in [5.74, 6) is 0.407. The minimum absolute atomic E-state index is 0.274. The summed E-state index contributed by atoms with van der Waals surface area (Å²) >= 11 is 0. The van der Waals surface area contributed by atoms with Gasteiger partial charge >= 0.3 is 5.97 Å². The van der Waals surface area contributed by atoms with Crippen molar-refractivity contribution in [1.82, 2.24) is 0 Å². The summed E-state index contributed by atoms with van der Waals surface area (Å²) < 4.78 is 10.2. The minimum Gasteiger partial charge on any atom is -0.479 e. The van der Waals surface area contributed by atoms with Crippen molar-refractivity contribution < 1.29 is 14.3 Å².